The van der Waals surface area contributed by atoms with Gasteiger partial charge in [0.25, 0.3) is 0 Å². The molecule has 8 heteroatoms. The molecule has 2 heterocycles. The van der Waals surface area contributed by atoms with Crippen LogP contribution in [0.15, 0.2) is 60.7 Å². The van der Waals surface area contributed by atoms with Crippen LogP contribution in [0.2, 0.25) is 0 Å². The van der Waals surface area contributed by atoms with Crippen LogP contribution in [-0.4, -0.2) is 48.9 Å². The second kappa shape index (κ2) is 9.79. The first kappa shape index (κ1) is 22.4. The maximum Gasteiger partial charge on any atom is 0.305 e. The number of rotatable bonds is 8. The Morgan fingerprint density at radius 1 is 0.906 bits per heavy atom. The molecule has 32 heavy (non-hydrogen) atoms. The summed E-state index contributed by atoms with van der Waals surface area (Å²) in [6.45, 7) is 3.19. The maximum absolute atomic E-state index is 11.9. The lowest BCUT2D eigenvalue weighted by Gasteiger charge is -2.32. The van der Waals surface area contributed by atoms with E-state index in [1.165, 1.54) is 13.8 Å². The fourth-order valence-electron chi connectivity index (χ4n) is 3.93. The molecule has 8 nitrogen and oxygen atoms in total. The molecule has 0 saturated carbocycles. The highest BCUT2D eigenvalue weighted by Crippen LogP contribution is 2.45. The topological polar surface area (TPSA) is 89.5 Å². The molecule has 2 fully saturated rings. The average Bonchev–Trinajstić information content (AvgIpc) is 3.26. The van der Waals surface area contributed by atoms with Crippen LogP contribution in [0.3, 0.4) is 0 Å². The Labute approximate surface area is 186 Å². The monoisotopic (exact) mass is 442 g/mol. The van der Waals surface area contributed by atoms with Gasteiger partial charge in [-0.15, -0.1) is 0 Å². The molecule has 2 aliphatic heterocycles. The molecule has 0 radical (unpaired) electrons. The van der Waals surface area contributed by atoms with E-state index in [9.17, 15) is 9.59 Å². The maximum atomic E-state index is 11.9. The van der Waals surface area contributed by atoms with Crippen LogP contribution >= 0.6 is 0 Å². The molecule has 4 rings (SSSR count). The molecule has 5 atom stereocenters. The molecule has 0 amide bonds. The highest BCUT2D eigenvalue weighted by atomic mass is 16.8. The number of fused-ring (bicyclic) bond motifs is 1. The van der Waals surface area contributed by atoms with E-state index in [2.05, 4.69) is 0 Å². The number of hydrogen-bond donors (Lipinski definition) is 0. The summed E-state index contributed by atoms with van der Waals surface area (Å²) in [5, 5.41) is 0. The fourth-order valence-corrected chi connectivity index (χ4v) is 3.93. The van der Waals surface area contributed by atoms with E-state index in [1.54, 1.807) is 0 Å². The molecule has 2 aromatic carbocycles. The van der Waals surface area contributed by atoms with Crippen molar-refractivity contribution in [3.63, 3.8) is 0 Å². The van der Waals surface area contributed by atoms with Gasteiger partial charge in [-0.25, -0.2) is 0 Å². The van der Waals surface area contributed by atoms with Gasteiger partial charge in [0.1, 0.15) is 12.2 Å². The van der Waals surface area contributed by atoms with Gasteiger partial charge in [0.15, 0.2) is 0 Å². The quantitative estimate of drug-likeness (QED) is 0.577. The van der Waals surface area contributed by atoms with E-state index in [4.69, 9.17) is 28.4 Å². The van der Waals surface area contributed by atoms with E-state index >= 15 is 0 Å². The van der Waals surface area contributed by atoms with Crippen LogP contribution < -0.4 is 0 Å². The first-order valence-electron chi connectivity index (χ1n) is 10.5. The van der Waals surface area contributed by atoms with Crippen molar-refractivity contribution in [2.24, 2.45) is 0 Å². The SMILES string of the molecule is CC(=O)OC1O[C@@H]2[C@@H](OCc3ccccc3)CO[C@]2(OCc2ccccc2)[C@H]1OC(C)=O. The molecular weight excluding hydrogens is 416 g/mol. The number of carbonyl (C=O) groups is 2. The van der Waals surface area contributed by atoms with Crippen molar-refractivity contribution in [3.8, 4) is 0 Å². The molecule has 0 N–H and O–H groups in total. The highest BCUT2D eigenvalue weighted by molar-refractivity contribution is 5.67. The largest absolute Gasteiger partial charge is 0.450 e. The molecular formula is C24H26O8. The zero-order chi connectivity index (χ0) is 22.6. The summed E-state index contributed by atoms with van der Waals surface area (Å²) in [5.74, 6) is -2.63. The third-order valence-electron chi connectivity index (χ3n) is 5.32. The zero-order valence-electron chi connectivity index (χ0n) is 18.0. The smallest absolute Gasteiger partial charge is 0.305 e. The minimum atomic E-state index is -1.48. The summed E-state index contributed by atoms with van der Waals surface area (Å²) >= 11 is 0. The third kappa shape index (κ3) is 4.83. The van der Waals surface area contributed by atoms with Crippen LogP contribution in [-0.2, 0) is 51.2 Å². The predicted molar refractivity (Wildman–Crippen MR) is 111 cm³/mol. The number of hydrogen-bond acceptors (Lipinski definition) is 8. The van der Waals surface area contributed by atoms with Crippen LogP contribution in [0.4, 0.5) is 0 Å². The molecule has 2 saturated heterocycles. The molecule has 0 bridgehead atoms. The van der Waals surface area contributed by atoms with Gasteiger partial charge in [-0.2, -0.15) is 0 Å². The first-order valence-corrected chi connectivity index (χ1v) is 10.5. The van der Waals surface area contributed by atoms with Crippen molar-refractivity contribution in [1.82, 2.24) is 0 Å². The fraction of sp³-hybridized carbons (Fsp3) is 0.417. The van der Waals surface area contributed by atoms with E-state index in [1.807, 2.05) is 60.7 Å². The first-order chi connectivity index (χ1) is 15.5. The Kier molecular flexibility index (Phi) is 6.86. The van der Waals surface area contributed by atoms with Crippen molar-refractivity contribution in [3.05, 3.63) is 71.8 Å². The second-order valence-corrected chi connectivity index (χ2v) is 7.71. The Morgan fingerprint density at radius 3 is 2.09 bits per heavy atom. The summed E-state index contributed by atoms with van der Waals surface area (Å²) in [6, 6.07) is 19.2. The number of benzene rings is 2. The Balaban J connectivity index is 1.58. The van der Waals surface area contributed by atoms with E-state index in [0.29, 0.717) is 6.61 Å². The number of ether oxygens (including phenoxy) is 6. The summed E-state index contributed by atoms with van der Waals surface area (Å²) in [6.07, 6.45) is -3.59. The Hall–Kier alpha value is -2.78. The normalized spacial score (nSPS) is 28.8. The van der Waals surface area contributed by atoms with Gasteiger partial charge in [-0.3, -0.25) is 9.59 Å². The number of carbonyl (C=O) groups excluding carboxylic acids is 2. The van der Waals surface area contributed by atoms with Crippen LogP contribution in [0.1, 0.15) is 25.0 Å². The van der Waals surface area contributed by atoms with E-state index in [-0.39, 0.29) is 13.2 Å². The standard InChI is InChI=1S/C24H26O8/c1-16(25)30-22-23(31-17(2)26)32-21-20(27-13-18-9-5-3-6-10-18)15-29-24(21,22)28-14-19-11-7-4-8-12-19/h3-12,20-23H,13-15H2,1-2H3/t20-,21+,22-,23?,24-/m0/s1. The Morgan fingerprint density at radius 2 is 1.50 bits per heavy atom. The molecule has 1 unspecified atom stereocenters. The molecule has 0 aromatic heterocycles. The van der Waals surface area contributed by atoms with Crippen molar-refractivity contribution in [2.75, 3.05) is 6.61 Å². The zero-order valence-corrected chi connectivity index (χ0v) is 18.0. The lowest BCUT2D eigenvalue weighted by atomic mass is 10.0. The van der Waals surface area contributed by atoms with Gasteiger partial charge in [0.2, 0.25) is 18.2 Å². The van der Waals surface area contributed by atoms with Gasteiger partial charge >= 0.3 is 11.9 Å². The van der Waals surface area contributed by atoms with Crippen molar-refractivity contribution in [2.45, 2.75) is 57.5 Å². The van der Waals surface area contributed by atoms with Gasteiger partial charge in [0, 0.05) is 13.8 Å². The van der Waals surface area contributed by atoms with E-state index in [0.717, 1.165) is 11.1 Å². The number of esters is 2. The summed E-state index contributed by atoms with van der Waals surface area (Å²) in [5.41, 5.74) is 1.89. The second-order valence-electron chi connectivity index (χ2n) is 7.71. The van der Waals surface area contributed by atoms with E-state index < -0.39 is 42.3 Å². The molecule has 170 valence electrons. The summed E-state index contributed by atoms with van der Waals surface area (Å²) < 4.78 is 35.2. The third-order valence-corrected chi connectivity index (χ3v) is 5.32. The Bertz CT molecular complexity index is 918. The van der Waals surface area contributed by atoms with Gasteiger partial charge in [-0.1, -0.05) is 60.7 Å². The minimum Gasteiger partial charge on any atom is -0.450 e. The molecule has 2 aliphatic rings. The van der Waals surface area contributed by atoms with Crippen molar-refractivity contribution >= 4 is 11.9 Å². The van der Waals surface area contributed by atoms with Crippen LogP contribution in [0.5, 0.6) is 0 Å². The van der Waals surface area contributed by atoms with Crippen molar-refractivity contribution < 1.29 is 38.0 Å². The average molecular weight is 442 g/mol. The summed E-state index contributed by atoms with van der Waals surface area (Å²) in [4.78, 5) is 23.5. The molecule has 0 spiro atoms. The van der Waals surface area contributed by atoms with Gasteiger partial charge in [0.05, 0.1) is 19.8 Å². The molecule has 0 aliphatic carbocycles. The van der Waals surface area contributed by atoms with Gasteiger partial charge < -0.3 is 28.4 Å². The van der Waals surface area contributed by atoms with Crippen LogP contribution in [0.25, 0.3) is 0 Å². The molecule has 2 aromatic rings. The minimum absolute atomic E-state index is 0.164. The lowest BCUT2D eigenvalue weighted by molar-refractivity contribution is -0.272. The lowest BCUT2D eigenvalue weighted by Crippen LogP contribution is -2.52. The van der Waals surface area contributed by atoms with Gasteiger partial charge in [-0.05, 0) is 11.1 Å². The van der Waals surface area contributed by atoms with Crippen LogP contribution in [0, 0.1) is 0 Å². The predicted octanol–water partition coefficient (Wildman–Crippen LogP) is 2.73. The summed E-state index contributed by atoms with van der Waals surface area (Å²) in [7, 11) is 0. The van der Waals surface area contributed by atoms with Crippen molar-refractivity contribution in [1.29, 1.82) is 0 Å². The highest BCUT2D eigenvalue weighted by Gasteiger charge is 2.68.